The van der Waals surface area contributed by atoms with Gasteiger partial charge in [0, 0.05) is 19.5 Å². The number of nitrogens with one attached hydrogen (secondary N) is 1. The first kappa shape index (κ1) is 28.6. The number of alkyl halides is 3. The summed E-state index contributed by atoms with van der Waals surface area (Å²) in [4.78, 5) is 26.1. The van der Waals surface area contributed by atoms with E-state index in [0.717, 1.165) is 28.8 Å². The van der Waals surface area contributed by atoms with E-state index in [1.807, 2.05) is 18.2 Å². The molecule has 0 aromatic heterocycles. The Balaban J connectivity index is 0.00000380. The molecule has 3 aromatic carbocycles. The normalized spacial score (nSPS) is 13.8. The number of nitrogens with zero attached hydrogens (tertiary/aromatic N) is 1. The smallest absolute Gasteiger partial charge is 0.872 e. The number of benzene rings is 3. The van der Waals surface area contributed by atoms with Crippen molar-refractivity contribution in [2.45, 2.75) is 38.0 Å². The summed E-state index contributed by atoms with van der Waals surface area (Å²) in [6.45, 7) is 0.723. The van der Waals surface area contributed by atoms with E-state index in [4.69, 9.17) is 5.73 Å². The van der Waals surface area contributed by atoms with Crippen LogP contribution in [0.2, 0.25) is 0 Å². The first-order valence-corrected chi connectivity index (χ1v) is 11.5. The van der Waals surface area contributed by atoms with Crippen LogP contribution in [0.15, 0.2) is 66.7 Å². The van der Waals surface area contributed by atoms with E-state index in [1.54, 1.807) is 17.0 Å². The average molecular weight is 519 g/mol. The molecule has 6 nitrogen and oxygen atoms in total. The molecule has 3 N–H and O–H groups in total. The Morgan fingerprint density at radius 2 is 1.76 bits per heavy atom. The van der Waals surface area contributed by atoms with Gasteiger partial charge < -0.3 is 21.1 Å². The molecule has 37 heavy (non-hydrogen) atoms. The number of carbonyl (C=O) groups excluding carboxylic acids is 2. The maximum absolute atomic E-state index is 13.1. The first-order valence-electron chi connectivity index (χ1n) is 11.5. The van der Waals surface area contributed by atoms with Crippen molar-refractivity contribution in [2.75, 3.05) is 6.54 Å². The van der Waals surface area contributed by atoms with Crippen molar-refractivity contribution in [3.05, 3.63) is 89.0 Å². The minimum absolute atomic E-state index is 0. The van der Waals surface area contributed by atoms with E-state index in [2.05, 4.69) is 5.32 Å². The van der Waals surface area contributed by atoms with E-state index < -0.39 is 23.7 Å². The third-order valence-corrected chi connectivity index (χ3v) is 6.31. The predicted octanol–water partition coefficient (Wildman–Crippen LogP) is 1.52. The summed E-state index contributed by atoms with van der Waals surface area (Å²) in [5, 5.41) is 14.7. The van der Waals surface area contributed by atoms with E-state index in [0.29, 0.717) is 30.6 Å². The van der Waals surface area contributed by atoms with E-state index in [9.17, 15) is 27.9 Å². The molecule has 4 rings (SSSR count). The van der Waals surface area contributed by atoms with Crippen LogP contribution in [-0.4, -0.2) is 23.4 Å². The quantitative estimate of drug-likeness (QED) is 0.484. The molecule has 0 aliphatic carbocycles. The van der Waals surface area contributed by atoms with E-state index in [-0.39, 0.29) is 54.2 Å². The summed E-state index contributed by atoms with van der Waals surface area (Å²) in [5.41, 5.74) is 8.60. The molecule has 1 heterocycles. The Bertz CT molecular complexity index is 1270. The fourth-order valence-corrected chi connectivity index (χ4v) is 4.47. The summed E-state index contributed by atoms with van der Waals surface area (Å²) in [6, 6.07) is 15.9. The van der Waals surface area contributed by atoms with Gasteiger partial charge in [-0.3, -0.25) is 4.79 Å². The Hall–Kier alpha value is -3.01. The molecule has 1 atom stereocenters. The minimum atomic E-state index is -4.40. The minimum Gasteiger partial charge on any atom is -0.872 e. The van der Waals surface area contributed by atoms with Crippen LogP contribution in [0.1, 0.15) is 41.1 Å². The van der Waals surface area contributed by atoms with Crippen LogP contribution >= 0.6 is 0 Å². The first-order chi connectivity index (χ1) is 17.1. The number of rotatable bonds is 6. The van der Waals surface area contributed by atoms with Gasteiger partial charge in [0.2, 0.25) is 5.91 Å². The standard InChI is InChI=1S/C27H26F3N3O3.Na/c28-27(29,30)20-9-7-17(8-10-20)22-6-2-4-19-16-33(14-13-23(19)22)26(36)32-24(11-12-25(31)35)18-3-1-5-21(34)15-18;/h1-10,15,24,34H,11-14,16H2,(H2,31,35)(H,32,36);/q;+1/p-1/t24-;/m0./s1. The number of urea groups is 1. The molecule has 10 heteroatoms. The Morgan fingerprint density at radius 3 is 2.41 bits per heavy atom. The molecular weight excluding hydrogens is 494 g/mol. The molecule has 1 aliphatic rings. The molecule has 0 radical (unpaired) electrons. The average Bonchev–Trinajstić information content (AvgIpc) is 2.85. The summed E-state index contributed by atoms with van der Waals surface area (Å²) in [5.74, 6) is -0.705. The summed E-state index contributed by atoms with van der Waals surface area (Å²) >= 11 is 0. The third-order valence-electron chi connectivity index (χ3n) is 6.31. The van der Waals surface area contributed by atoms with Crippen LogP contribution in [-0.2, 0) is 23.9 Å². The fourth-order valence-electron chi connectivity index (χ4n) is 4.47. The van der Waals surface area contributed by atoms with Crippen molar-refractivity contribution in [1.29, 1.82) is 0 Å². The summed E-state index contributed by atoms with van der Waals surface area (Å²) in [7, 11) is 0. The summed E-state index contributed by atoms with van der Waals surface area (Å²) < 4.78 is 38.8. The molecule has 188 valence electrons. The van der Waals surface area contributed by atoms with Gasteiger partial charge in [-0.05, 0) is 52.8 Å². The van der Waals surface area contributed by atoms with Gasteiger partial charge in [-0.2, -0.15) is 13.2 Å². The van der Waals surface area contributed by atoms with Crippen LogP contribution in [0, 0.1) is 0 Å². The van der Waals surface area contributed by atoms with Gasteiger partial charge in [0.25, 0.3) is 0 Å². The number of carbonyl (C=O) groups is 2. The second-order valence-electron chi connectivity index (χ2n) is 8.77. The number of hydrogen-bond donors (Lipinski definition) is 2. The largest absolute Gasteiger partial charge is 1.00 e. The number of halogens is 3. The van der Waals surface area contributed by atoms with Crippen LogP contribution < -0.4 is 45.7 Å². The van der Waals surface area contributed by atoms with Crippen molar-refractivity contribution < 1.29 is 57.4 Å². The van der Waals surface area contributed by atoms with Gasteiger partial charge in [0.1, 0.15) is 0 Å². The van der Waals surface area contributed by atoms with Crippen molar-refractivity contribution >= 4 is 11.9 Å². The van der Waals surface area contributed by atoms with Gasteiger partial charge >= 0.3 is 41.8 Å². The third kappa shape index (κ3) is 7.06. The predicted molar refractivity (Wildman–Crippen MR) is 127 cm³/mol. The van der Waals surface area contributed by atoms with Crippen molar-refractivity contribution in [3.8, 4) is 16.9 Å². The maximum Gasteiger partial charge on any atom is 1.00 e. The van der Waals surface area contributed by atoms with Crippen LogP contribution in [0.25, 0.3) is 11.1 Å². The molecule has 3 aromatic rings. The second kappa shape index (κ2) is 12.0. The Kier molecular flexibility index (Phi) is 9.28. The van der Waals surface area contributed by atoms with Gasteiger partial charge in [0.15, 0.2) is 0 Å². The van der Waals surface area contributed by atoms with Gasteiger partial charge in [0.05, 0.1) is 11.6 Å². The number of amides is 3. The number of hydrogen-bond acceptors (Lipinski definition) is 3. The SMILES string of the molecule is NC(=O)CC[C@H](NC(=O)N1CCc2c(cccc2-c2ccc(C(F)(F)F)cc2)C1)c1cccc([O-])c1.[Na+]. The number of fused-ring (bicyclic) bond motifs is 1. The van der Waals surface area contributed by atoms with Gasteiger partial charge in [-0.1, -0.05) is 54.6 Å². The summed E-state index contributed by atoms with van der Waals surface area (Å²) in [6.07, 6.45) is -3.56. The molecule has 0 saturated carbocycles. The van der Waals surface area contributed by atoms with Crippen LogP contribution in [0.5, 0.6) is 5.75 Å². The van der Waals surface area contributed by atoms with Crippen molar-refractivity contribution in [2.24, 2.45) is 5.73 Å². The Morgan fingerprint density at radius 1 is 1.05 bits per heavy atom. The molecule has 0 saturated heterocycles. The maximum atomic E-state index is 13.1. The number of primary amides is 1. The van der Waals surface area contributed by atoms with E-state index >= 15 is 0 Å². The van der Waals surface area contributed by atoms with Crippen molar-refractivity contribution in [1.82, 2.24) is 10.2 Å². The molecule has 0 bridgehead atoms. The monoisotopic (exact) mass is 519 g/mol. The molecule has 0 fully saturated rings. The van der Waals surface area contributed by atoms with E-state index in [1.165, 1.54) is 24.3 Å². The molecule has 3 amide bonds. The van der Waals surface area contributed by atoms with Gasteiger partial charge in [-0.15, -0.1) is 5.75 Å². The van der Waals surface area contributed by atoms with Crippen molar-refractivity contribution in [3.63, 3.8) is 0 Å². The molecule has 1 aliphatic heterocycles. The molecular formula is C27H25F3N3NaO3. The van der Waals surface area contributed by atoms with Gasteiger partial charge in [-0.25, -0.2) is 4.79 Å². The fraction of sp³-hybridized carbons (Fsp3) is 0.259. The zero-order valence-electron chi connectivity index (χ0n) is 20.3. The molecule has 0 unspecified atom stereocenters. The van der Waals surface area contributed by atoms with Crippen LogP contribution in [0.3, 0.4) is 0 Å². The van der Waals surface area contributed by atoms with Crippen LogP contribution in [0.4, 0.5) is 18.0 Å². The Labute approximate surface area is 235 Å². The zero-order chi connectivity index (χ0) is 25.9. The second-order valence-corrected chi connectivity index (χ2v) is 8.77. The topological polar surface area (TPSA) is 98.5 Å². The molecule has 0 spiro atoms. The number of nitrogens with two attached hydrogens (primary N) is 1. The zero-order valence-corrected chi connectivity index (χ0v) is 22.3.